The number of fused-ring (bicyclic) bond motifs is 1. The lowest BCUT2D eigenvalue weighted by Crippen LogP contribution is -2.48. The van der Waals surface area contributed by atoms with Gasteiger partial charge in [-0.2, -0.15) is 0 Å². The maximum atomic E-state index is 14.6. The number of aliphatic hydroxyl groups excluding tert-OH is 5. The molecule has 0 saturated heterocycles. The summed E-state index contributed by atoms with van der Waals surface area (Å²) >= 11 is 6.40. The molecule has 11 atom stereocenters. The van der Waals surface area contributed by atoms with Gasteiger partial charge in [0.15, 0.2) is 25.2 Å². The second-order valence-electron chi connectivity index (χ2n) is 29.5. The molecule has 39 nitrogen and oxygen atoms in total. The second-order valence-corrected chi connectivity index (χ2v) is 32.3. The average molecular weight is 1880 g/mol. The minimum Gasteiger partial charge on any atom is -0.481 e. The summed E-state index contributed by atoms with van der Waals surface area (Å²) in [5, 5.41) is 70.2. The zero-order valence-electron chi connectivity index (χ0n) is 76.3. The van der Waals surface area contributed by atoms with Gasteiger partial charge in [0.2, 0.25) is 11.8 Å². The zero-order valence-corrected chi connectivity index (χ0v) is 78.7. The van der Waals surface area contributed by atoms with Crippen LogP contribution in [-0.4, -0.2) is 292 Å². The van der Waals surface area contributed by atoms with Gasteiger partial charge in [-0.05, 0) is 110 Å². The predicted molar refractivity (Wildman–Crippen MR) is 481 cm³/mol. The Morgan fingerprint density at radius 2 is 1.02 bits per heavy atom. The molecule has 2 aromatic heterocycles. The number of nitrogens with zero attached hydrogens (tertiary/aromatic N) is 4. The molecule has 5 aromatic rings. The SMILES string of the molecule is CCC(CO)OC(CO)OC.CCC(CO)OC(COC(=O)NCCC(=O)NCCSSc1ccccn1)OC.CCC(CO)OC(COC(=O)NCCC(=O)N[C@H](C(=O)OC(OC(=O)NCCCN(C(=O)c1ccc(C)cc1)[C@@H](c1nc2cc(Cl)ccc2c(=O)n1Cc1ccccc1)C(C)C)C(C)C)C(C)C)OC.CCC(CO)OC(COC(=O)NCCC(=O)O)OC. The number of amides is 7. The van der Waals surface area contributed by atoms with Crippen LogP contribution in [0.5, 0.6) is 0 Å². The maximum absolute atomic E-state index is 14.6. The third-order valence-corrected chi connectivity index (χ3v) is 20.9. The molecule has 3 aromatic carbocycles. The number of aryl methyl sites for hydroxylation is 1. The van der Waals surface area contributed by atoms with E-state index in [1.54, 1.807) is 95.3 Å². The number of nitrogens with one attached hydrogen (secondary N) is 6. The van der Waals surface area contributed by atoms with Crippen molar-refractivity contribution in [1.82, 2.24) is 51.3 Å². The highest BCUT2D eigenvalue weighted by Gasteiger charge is 2.35. The van der Waals surface area contributed by atoms with Gasteiger partial charge in [0.05, 0.1) is 87.4 Å². The van der Waals surface area contributed by atoms with Gasteiger partial charge in [-0.1, -0.05) is 146 Å². The summed E-state index contributed by atoms with van der Waals surface area (Å²) < 4.78 is 69.0. The Bertz CT molecular complexity index is 4030. The Hall–Kier alpha value is -9.15. The van der Waals surface area contributed by atoms with E-state index in [1.807, 2.05) is 109 Å². The Kier molecular flexibility index (Phi) is 61.1. The number of alkyl carbamates (subject to hydrolysis) is 4. The van der Waals surface area contributed by atoms with Gasteiger partial charge < -0.3 is 129 Å². The Morgan fingerprint density at radius 1 is 0.535 bits per heavy atom. The van der Waals surface area contributed by atoms with Crippen molar-refractivity contribution in [3.63, 3.8) is 0 Å². The van der Waals surface area contributed by atoms with Crippen LogP contribution in [0, 0.1) is 24.7 Å². The van der Waals surface area contributed by atoms with E-state index in [2.05, 4.69) is 36.9 Å². The first-order chi connectivity index (χ1) is 61.7. The van der Waals surface area contributed by atoms with Gasteiger partial charge in [-0.15, -0.1) is 0 Å². The van der Waals surface area contributed by atoms with E-state index in [0.717, 1.165) is 21.9 Å². The molecule has 0 saturated carbocycles. The van der Waals surface area contributed by atoms with E-state index in [4.69, 9.17) is 104 Å². The van der Waals surface area contributed by atoms with Crippen LogP contribution in [0.2, 0.25) is 5.02 Å². The first kappa shape index (κ1) is 116. The predicted octanol–water partition coefficient (Wildman–Crippen LogP) is 8.41. The first-order valence-corrected chi connectivity index (χ1v) is 45.2. The second kappa shape index (κ2) is 68.0. The van der Waals surface area contributed by atoms with Crippen LogP contribution in [-0.2, 0) is 87.3 Å². The third kappa shape index (κ3) is 48.0. The molecular formula is C87H135ClN10O29S2. The lowest BCUT2D eigenvalue weighted by Gasteiger charge is -2.35. The normalized spacial score (nSPS) is 13.6. The van der Waals surface area contributed by atoms with Crippen molar-refractivity contribution in [3.8, 4) is 0 Å². The van der Waals surface area contributed by atoms with E-state index in [1.165, 1.54) is 28.4 Å². The summed E-state index contributed by atoms with van der Waals surface area (Å²) in [7, 11) is 8.80. The lowest BCUT2D eigenvalue weighted by molar-refractivity contribution is -0.181. The highest BCUT2D eigenvalue weighted by atomic mass is 35.5. The number of ether oxygens (including phenoxy) is 13. The van der Waals surface area contributed by atoms with E-state index in [9.17, 15) is 53.1 Å². The number of carboxylic acids is 1. The lowest BCUT2D eigenvalue weighted by atomic mass is 9.98. The Morgan fingerprint density at radius 3 is 1.47 bits per heavy atom. The number of aliphatic carboxylic acids is 1. The molecule has 42 heteroatoms. The largest absolute Gasteiger partial charge is 0.481 e. The number of aromatic nitrogens is 3. The Labute approximate surface area is 767 Å². The molecular weight excluding hydrogens is 1750 g/mol. The monoisotopic (exact) mass is 1880 g/mol. The fourth-order valence-electron chi connectivity index (χ4n) is 11.0. The van der Waals surface area contributed by atoms with Crippen LogP contribution < -0.4 is 37.5 Å². The summed E-state index contributed by atoms with van der Waals surface area (Å²) in [5.41, 5.74) is 2.39. The molecule has 0 spiro atoms. The average Bonchev–Trinajstić information content (AvgIpc) is 0.759. The molecule has 0 fully saturated rings. The van der Waals surface area contributed by atoms with Crippen LogP contribution in [0.25, 0.3) is 10.9 Å². The van der Waals surface area contributed by atoms with Gasteiger partial charge in [0.25, 0.3) is 17.8 Å². The highest BCUT2D eigenvalue weighted by Crippen LogP contribution is 2.32. The number of aliphatic hydroxyl groups is 5. The summed E-state index contributed by atoms with van der Waals surface area (Å²) in [5.74, 6) is -2.88. The number of pyridine rings is 1. The molecule has 726 valence electrons. The van der Waals surface area contributed by atoms with Crippen molar-refractivity contribution in [3.05, 3.63) is 135 Å². The number of halogens is 1. The molecule has 9 unspecified atom stereocenters. The molecule has 2 heterocycles. The van der Waals surface area contributed by atoms with Crippen molar-refractivity contribution in [1.29, 1.82) is 0 Å². The number of hydrogen-bond donors (Lipinski definition) is 12. The van der Waals surface area contributed by atoms with E-state index in [0.29, 0.717) is 59.5 Å². The van der Waals surface area contributed by atoms with Crippen LogP contribution >= 0.6 is 33.2 Å². The number of hydrogen-bond acceptors (Lipinski definition) is 32. The minimum atomic E-state index is -1.33. The number of carbonyl (C=O) groups is 9. The zero-order chi connectivity index (χ0) is 96.2. The van der Waals surface area contributed by atoms with E-state index < -0.39 is 104 Å². The molecule has 129 heavy (non-hydrogen) atoms. The van der Waals surface area contributed by atoms with Crippen molar-refractivity contribution in [2.75, 3.05) is 126 Å². The summed E-state index contributed by atoms with van der Waals surface area (Å²) in [4.78, 5) is 137. The van der Waals surface area contributed by atoms with Crippen LogP contribution in [0.1, 0.15) is 154 Å². The number of methoxy groups -OCH3 is 4. The quantitative estimate of drug-likeness (QED) is 0.00571. The van der Waals surface area contributed by atoms with Crippen molar-refractivity contribution >= 4 is 98.1 Å². The van der Waals surface area contributed by atoms with Crippen molar-refractivity contribution < 1.29 is 135 Å². The fourth-order valence-corrected chi connectivity index (χ4v) is 13.0. The molecule has 7 amide bonds. The van der Waals surface area contributed by atoms with Gasteiger partial charge >= 0.3 is 36.3 Å². The molecule has 12 N–H and O–H groups in total. The highest BCUT2D eigenvalue weighted by molar-refractivity contribution is 8.76. The molecule has 0 aliphatic carbocycles. The number of carbonyl (C=O) groups excluding carboxylic acids is 8. The summed E-state index contributed by atoms with van der Waals surface area (Å²) in [6, 6.07) is 25.5. The van der Waals surface area contributed by atoms with Gasteiger partial charge in [-0.3, -0.25) is 28.5 Å². The van der Waals surface area contributed by atoms with Crippen LogP contribution in [0.15, 0.2) is 107 Å². The number of benzene rings is 3. The number of carboxylic acid groups (broad SMARTS) is 1. The molecule has 5 rings (SSSR count). The van der Waals surface area contributed by atoms with Crippen LogP contribution in [0.4, 0.5) is 19.2 Å². The summed E-state index contributed by atoms with van der Waals surface area (Å²) in [6.45, 7) is 19.7. The van der Waals surface area contributed by atoms with Gasteiger partial charge in [-0.25, -0.2) is 33.9 Å². The van der Waals surface area contributed by atoms with Gasteiger partial charge in [0.1, 0.15) is 36.7 Å². The minimum absolute atomic E-state index is 0.0130. The molecule has 0 aliphatic rings. The smallest absolute Gasteiger partial charge is 0.410 e. The molecule has 0 aliphatic heterocycles. The van der Waals surface area contributed by atoms with Crippen LogP contribution in [0.3, 0.4) is 0 Å². The third-order valence-electron chi connectivity index (χ3n) is 18.4. The van der Waals surface area contributed by atoms with Crippen molar-refractivity contribution in [2.45, 2.75) is 207 Å². The summed E-state index contributed by atoms with van der Waals surface area (Å²) in [6.07, 6.45) is -4.78. The topological polar surface area (TPSA) is 518 Å². The fraction of sp³-hybridized carbons (Fsp3) is 0.609. The van der Waals surface area contributed by atoms with Crippen molar-refractivity contribution in [2.24, 2.45) is 17.8 Å². The number of rotatable bonds is 57. The van der Waals surface area contributed by atoms with E-state index >= 15 is 0 Å². The molecule has 0 bridgehead atoms. The first-order valence-electron chi connectivity index (χ1n) is 42.5. The van der Waals surface area contributed by atoms with E-state index in [-0.39, 0.29) is 159 Å². The van der Waals surface area contributed by atoms with Gasteiger partial charge in [0, 0.05) is 109 Å². The standard InChI is InChI=1S/C51H69ClN6O12.C18H29N3O6S2.C11H21NO7.C7H16O4/c1-10-38(29-59)68-42(66-9)30-67-50(64)54-25-23-41(60)56-43(31(2)3)48(63)69-49(33(6)7)70-51(65)53-24-14-26-57(46(61)36-19-17-34(8)18-20-36)44(32(4)5)45-55-40-27-37(52)21-22-39(40)47(62)58(45)28-35-15-12-11-13-16-35;1-3-14(12-22)27-17(25-2)13-26-18(24)21-9-7-15(23)19-10-11-28-29-16-6-4-5-8-20-16;1-3-8(6-13)19-10(17-2)7-18-11(16)12-5-4-9(14)15;1-3-6(4-8)11-7(5-9)10-2/h11-13,15-22,27,31-33,38,42-44,49,59H,10,14,23-26,28-30H2,1-9H3,(H,53,65)(H,54,64)(H,56,60);4-6,8,14,17,22H,3,7,9-13H2,1-2H3,(H,19,23)(H,21,24);8,10,13H,3-7H2,1-2H3,(H,12,16)(H,14,15);6-9H,3-5H2,1-2H3/t38?,42?,43-,44+,49?;;;/m0.../s1. The Balaban J connectivity index is 0.000000769. The molecule has 0 radical (unpaired) electrons. The number of esters is 1. The maximum Gasteiger partial charge on any atom is 0.410 e.